The number of rotatable bonds is 87. The zero-order chi connectivity index (χ0) is 85.8. The maximum Gasteiger partial charge on any atom is 0.469 e. The number of nitrogens with one attached hydrogen (secondary N) is 2. The van der Waals surface area contributed by atoms with Crippen molar-refractivity contribution in [1.82, 2.24) is 10.6 Å². The summed E-state index contributed by atoms with van der Waals surface area (Å²) in [6.07, 6.45) is 60.5. The van der Waals surface area contributed by atoms with Gasteiger partial charge in [-0.25, -0.2) is 4.57 Å². The quantitative estimate of drug-likeness (QED) is 0.0143. The van der Waals surface area contributed by atoms with E-state index >= 15 is 4.79 Å². The largest absolute Gasteiger partial charge is 0.469 e. The summed E-state index contributed by atoms with van der Waals surface area (Å²) < 4.78 is 50.6. The van der Waals surface area contributed by atoms with Crippen LogP contribution in [0.4, 0.5) is 0 Å². The Morgan fingerprint density at radius 2 is 0.650 bits per heavy atom. The van der Waals surface area contributed by atoms with Crippen molar-refractivity contribution in [2.75, 3.05) is 26.4 Å². The Morgan fingerprint density at radius 3 is 0.932 bits per heavy atom. The molecule has 0 spiro atoms. The average Bonchev–Trinajstić information content (AvgIpc) is 0.777. The van der Waals surface area contributed by atoms with Crippen LogP contribution in [0.15, 0.2) is 0 Å². The van der Waals surface area contributed by atoms with Crippen molar-refractivity contribution in [3.63, 3.8) is 0 Å². The van der Waals surface area contributed by atoms with Crippen molar-refractivity contribution in [2.24, 2.45) is 11.3 Å². The lowest BCUT2D eigenvalue weighted by atomic mass is 9.79. The summed E-state index contributed by atoms with van der Waals surface area (Å²) in [6, 6.07) is -1.43. The molecule has 0 heterocycles. The molecule has 1 aliphatic carbocycles. The first-order chi connectivity index (χ1) is 56.9. The average molecular weight is 1680 g/mol. The van der Waals surface area contributed by atoms with E-state index < -0.39 is 105 Å². The number of aliphatic hydroxyl groups excluding tert-OH is 2. The first-order valence-electron chi connectivity index (χ1n) is 49.8. The molecule has 3 unspecified atom stereocenters. The molecule has 0 radical (unpaired) electrons. The van der Waals surface area contributed by atoms with Crippen LogP contribution in [0.25, 0.3) is 0 Å². The molecule has 690 valence electrons. The Morgan fingerprint density at radius 1 is 0.368 bits per heavy atom. The smallest absolute Gasteiger partial charge is 0.462 e. The van der Waals surface area contributed by atoms with E-state index in [4.69, 9.17) is 28.2 Å². The number of phosphoric acid groups is 1. The molecule has 1 saturated carbocycles. The van der Waals surface area contributed by atoms with Gasteiger partial charge >= 0.3 is 31.7 Å². The SMILES string of the molecule is CCCCCCCCCCCCCC(=O)O[C@H](CCCCCCCCCCC)CC(=O)NCC(CC)(CO)COC1CC(CO)[C@@H](OP(=O)(O)O)[C@H](OC(=O)C[C@@H](CCCCCCCCCCC)OC(=O)CCCCCCCCCCCCC)[C@@H]1NC(=O)C[C@@H](CCCCCCCCCCC)OC(=O)CCCCCCCCCCCCC. The Hall–Kier alpha value is -3.19. The highest BCUT2D eigenvalue weighted by molar-refractivity contribution is 7.46. The number of carbonyl (C=O) groups excluding carboxylic acids is 6. The summed E-state index contributed by atoms with van der Waals surface area (Å²) in [5.41, 5.74) is -1.16. The standard InChI is InChI=1S/C97H185N2O17P/c1-8-15-21-27-33-39-42-48-54-60-66-72-90(104)112-84(69-63-57-51-45-36-30-24-18-11-4)76-88(102)98-80-97(14-7,81-101)82-111-87-75-83(79-100)95(116-117(108,109)110)96(115-93(107)78-86(71-65-59-53-47-38-32-26-20-13-6)114-92(106)74-68-62-56-50-44-41-35-29-23-17-10-3)94(87)99-89(103)77-85(70-64-58-52-46-37-31-25-19-12-5)113-91(105)73-67-61-55-49-43-40-34-28-22-16-9-2/h83-87,94-96,100-101H,8-82H2,1-7H3,(H,98,102)(H,99,103)(H2,108,109,110)/t83?,84-,85-,86-,87?,94-,95-,96-,97?/m1/s1. The van der Waals surface area contributed by atoms with Gasteiger partial charge in [0, 0.05) is 43.7 Å². The van der Waals surface area contributed by atoms with Crippen molar-refractivity contribution < 1.29 is 81.5 Å². The molecular formula is C97H185N2O17P. The second-order valence-electron chi connectivity index (χ2n) is 35.6. The summed E-state index contributed by atoms with van der Waals surface area (Å²) in [4.78, 5) is 107. The Balaban J connectivity index is 3.84. The van der Waals surface area contributed by atoms with Gasteiger partial charge in [0.1, 0.15) is 24.4 Å². The van der Waals surface area contributed by atoms with Gasteiger partial charge in [0.2, 0.25) is 11.8 Å². The van der Waals surface area contributed by atoms with Crippen LogP contribution in [0.5, 0.6) is 0 Å². The Labute approximate surface area is 716 Å². The summed E-state index contributed by atoms with van der Waals surface area (Å²) in [6.45, 7) is 13.6. The number of amides is 2. The highest BCUT2D eigenvalue weighted by atomic mass is 31.2. The van der Waals surface area contributed by atoms with Gasteiger partial charge in [-0.15, -0.1) is 0 Å². The molecule has 0 aliphatic heterocycles. The maximum atomic E-state index is 15.1. The summed E-state index contributed by atoms with van der Waals surface area (Å²) in [5, 5.41) is 28.8. The van der Waals surface area contributed by atoms with Gasteiger partial charge in [0.25, 0.3) is 0 Å². The molecule has 20 heteroatoms. The van der Waals surface area contributed by atoms with Crippen molar-refractivity contribution >= 4 is 43.5 Å². The van der Waals surface area contributed by atoms with Gasteiger partial charge in [-0.05, 0) is 70.6 Å². The molecular weight excluding hydrogens is 1500 g/mol. The van der Waals surface area contributed by atoms with Crippen LogP contribution in [0.1, 0.15) is 504 Å². The number of hydrogen-bond acceptors (Lipinski definition) is 15. The van der Waals surface area contributed by atoms with Crippen molar-refractivity contribution in [3.05, 3.63) is 0 Å². The van der Waals surface area contributed by atoms with E-state index in [2.05, 4.69) is 52.2 Å². The number of ether oxygens (including phenoxy) is 5. The normalized spacial score (nSPS) is 17.0. The lowest BCUT2D eigenvalue weighted by Gasteiger charge is -2.46. The number of esters is 4. The molecule has 0 aromatic heterocycles. The zero-order valence-electron chi connectivity index (χ0n) is 76.7. The third kappa shape index (κ3) is 65.2. The summed E-state index contributed by atoms with van der Waals surface area (Å²) >= 11 is 0. The first-order valence-corrected chi connectivity index (χ1v) is 51.3. The molecule has 0 saturated heterocycles. The van der Waals surface area contributed by atoms with Gasteiger partial charge in [-0.1, -0.05) is 395 Å². The molecule has 19 nitrogen and oxygen atoms in total. The van der Waals surface area contributed by atoms with Gasteiger partial charge in [0.15, 0.2) is 6.10 Å². The number of unbranched alkanes of at least 4 members (excludes halogenated alkanes) is 54. The summed E-state index contributed by atoms with van der Waals surface area (Å²) in [7, 11) is -5.45. The van der Waals surface area contributed by atoms with Gasteiger partial charge < -0.3 is 54.3 Å². The van der Waals surface area contributed by atoms with E-state index in [-0.39, 0.29) is 70.0 Å². The highest BCUT2D eigenvalue weighted by Crippen LogP contribution is 2.45. The number of hydrogen-bond donors (Lipinski definition) is 6. The highest BCUT2D eigenvalue weighted by Gasteiger charge is 2.52. The van der Waals surface area contributed by atoms with Crippen LogP contribution in [0.2, 0.25) is 0 Å². The molecule has 117 heavy (non-hydrogen) atoms. The molecule has 0 bridgehead atoms. The predicted molar refractivity (Wildman–Crippen MR) is 479 cm³/mol. The summed E-state index contributed by atoms with van der Waals surface area (Å²) in [5.74, 6) is -4.19. The second kappa shape index (κ2) is 78.8. The minimum absolute atomic E-state index is 0.0742. The minimum Gasteiger partial charge on any atom is -0.462 e. The fourth-order valence-corrected chi connectivity index (χ4v) is 17.2. The first kappa shape index (κ1) is 112. The van der Waals surface area contributed by atoms with E-state index in [0.717, 1.165) is 148 Å². The predicted octanol–water partition coefficient (Wildman–Crippen LogP) is 25.5. The van der Waals surface area contributed by atoms with Crippen LogP contribution in [-0.4, -0.2) is 125 Å². The molecule has 1 aliphatic rings. The number of aliphatic hydroxyl groups is 2. The monoisotopic (exact) mass is 1680 g/mol. The van der Waals surface area contributed by atoms with Crippen LogP contribution in [-0.2, 0) is 61.5 Å². The molecule has 2 amide bonds. The lowest BCUT2D eigenvalue weighted by Crippen LogP contribution is -2.64. The van der Waals surface area contributed by atoms with Crippen molar-refractivity contribution in [3.8, 4) is 0 Å². The van der Waals surface area contributed by atoms with Gasteiger partial charge in [-0.2, -0.15) is 0 Å². The minimum atomic E-state index is -5.45. The molecule has 9 atom stereocenters. The fourth-order valence-electron chi connectivity index (χ4n) is 16.6. The molecule has 0 aromatic rings. The maximum absolute atomic E-state index is 15.1. The van der Waals surface area contributed by atoms with E-state index in [1.165, 1.54) is 212 Å². The molecule has 1 rings (SSSR count). The van der Waals surface area contributed by atoms with E-state index in [1.54, 1.807) is 0 Å². The Bertz CT molecular complexity index is 2380. The third-order valence-corrected chi connectivity index (χ3v) is 25.0. The van der Waals surface area contributed by atoms with Crippen molar-refractivity contribution in [1.29, 1.82) is 0 Å². The number of phosphoric ester groups is 1. The van der Waals surface area contributed by atoms with E-state index in [1.807, 2.05) is 6.92 Å². The van der Waals surface area contributed by atoms with Crippen LogP contribution < -0.4 is 10.6 Å². The van der Waals surface area contributed by atoms with E-state index in [0.29, 0.717) is 44.9 Å². The topological polar surface area (TPSA) is 280 Å². The van der Waals surface area contributed by atoms with Crippen LogP contribution in [0.3, 0.4) is 0 Å². The number of carbonyl (C=O) groups is 6. The molecule has 1 fully saturated rings. The Kier molecular flexibility index (Phi) is 75.3. The molecule has 0 aromatic carbocycles. The van der Waals surface area contributed by atoms with Gasteiger partial charge in [-0.3, -0.25) is 33.3 Å². The van der Waals surface area contributed by atoms with Crippen molar-refractivity contribution in [2.45, 2.75) is 547 Å². The van der Waals surface area contributed by atoms with Gasteiger partial charge in [0.05, 0.1) is 44.6 Å². The van der Waals surface area contributed by atoms with Crippen LogP contribution in [0, 0.1) is 11.3 Å². The second-order valence-corrected chi connectivity index (χ2v) is 36.8. The van der Waals surface area contributed by atoms with E-state index in [9.17, 15) is 48.5 Å². The van der Waals surface area contributed by atoms with Crippen LogP contribution >= 0.6 is 7.82 Å². The fraction of sp³-hybridized carbons (Fsp3) is 0.938. The lowest BCUT2D eigenvalue weighted by molar-refractivity contribution is -0.183. The third-order valence-electron chi connectivity index (χ3n) is 24.5. The zero-order valence-corrected chi connectivity index (χ0v) is 77.6. The molecule has 6 N–H and O–H groups in total.